The highest BCUT2D eigenvalue weighted by molar-refractivity contribution is 7.89. The number of piperidine rings is 1. The van der Waals surface area contributed by atoms with E-state index < -0.39 is 15.8 Å². The molecule has 1 aromatic rings. The van der Waals surface area contributed by atoms with Gasteiger partial charge in [0.2, 0.25) is 15.9 Å². The Hall–Kier alpha value is -1.47. The first-order chi connectivity index (χ1) is 11.4. The van der Waals surface area contributed by atoms with Crippen LogP contribution in [0, 0.1) is 11.7 Å². The Morgan fingerprint density at radius 1 is 1.33 bits per heavy atom. The molecule has 1 heterocycles. The van der Waals surface area contributed by atoms with Gasteiger partial charge in [0.1, 0.15) is 10.7 Å². The summed E-state index contributed by atoms with van der Waals surface area (Å²) in [6.45, 7) is 4.53. The maximum atomic E-state index is 13.9. The molecule has 1 amide bonds. The molecule has 5 nitrogen and oxygen atoms in total. The van der Waals surface area contributed by atoms with Crippen molar-refractivity contribution in [3.63, 3.8) is 0 Å². The zero-order valence-corrected chi connectivity index (χ0v) is 15.0. The molecule has 0 aromatic heterocycles. The third kappa shape index (κ3) is 4.13. The molecule has 1 aromatic carbocycles. The molecule has 0 spiro atoms. The second kappa shape index (κ2) is 8.07. The van der Waals surface area contributed by atoms with E-state index in [0.717, 1.165) is 18.9 Å². The molecule has 0 bridgehead atoms. The zero-order valence-electron chi connectivity index (χ0n) is 14.2. The minimum absolute atomic E-state index is 0.0930. The van der Waals surface area contributed by atoms with Gasteiger partial charge in [-0.05, 0) is 38.3 Å². The van der Waals surface area contributed by atoms with Crippen LogP contribution in [0.1, 0.15) is 39.5 Å². The monoisotopic (exact) mass is 356 g/mol. The van der Waals surface area contributed by atoms with Crippen LogP contribution in [-0.4, -0.2) is 37.8 Å². The molecule has 2 atom stereocenters. The Morgan fingerprint density at radius 2 is 2.04 bits per heavy atom. The molecule has 1 aliphatic heterocycles. The predicted octanol–water partition coefficient (Wildman–Crippen LogP) is 2.53. The molecule has 2 unspecified atom stereocenters. The van der Waals surface area contributed by atoms with Crippen molar-refractivity contribution in [2.45, 2.75) is 50.5 Å². The molecule has 2 rings (SSSR count). The number of hydrogen-bond acceptors (Lipinski definition) is 3. The van der Waals surface area contributed by atoms with E-state index in [1.807, 2.05) is 6.92 Å². The van der Waals surface area contributed by atoms with Crippen molar-refractivity contribution in [2.24, 2.45) is 5.92 Å². The molecule has 134 valence electrons. The Morgan fingerprint density at radius 3 is 2.71 bits per heavy atom. The highest BCUT2D eigenvalue weighted by Crippen LogP contribution is 2.29. The number of amides is 1. The minimum Gasteiger partial charge on any atom is -0.356 e. The van der Waals surface area contributed by atoms with Crippen molar-refractivity contribution in [3.8, 4) is 0 Å². The van der Waals surface area contributed by atoms with E-state index in [1.165, 1.54) is 22.5 Å². The smallest absolute Gasteiger partial charge is 0.246 e. The second-order valence-corrected chi connectivity index (χ2v) is 8.13. The normalized spacial score (nSPS) is 22.3. The summed E-state index contributed by atoms with van der Waals surface area (Å²) in [5, 5.41) is 2.86. The topological polar surface area (TPSA) is 66.5 Å². The molecule has 0 aliphatic carbocycles. The average Bonchev–Trinajstić information content (AvgIpc) is 2.55. The van der Waals surface area contributed by atoms with Gasteiger partial charge < -0.3 is 5.32 Å². The number of nitrogens with one attached hydrogen (secondary N) is 1. The average molecular weight is 356 g/mol. The summed E-state index contributed by atoms with van der Waals surface area (Å²) in [4.78, 5) is 11.9. The van der Waals surface area contributed by atoms with Crippen LogP contribution in [0.3, 0.4) is 0 Å². The molecule has 24 heavy (non-hydrogen) atoms. The number of carbonyl (C=O) groups is 1. The lowest BCUT2D eigenvalue weighted by molar-refractivity contribution is -0.126. The van der Waals surface area contributed by atoms with Gasteiger partial charge in [0.05, 0.1) is 5.92 Å². The lowest BCUT2D eigenvalue weighted by Gasteiger charge is -2.36. The molecular weight excluding hydrogens is 331 g/mol. The third-order valence-corrected chi connectivity index (χ3v) is 6.46. The summed E-state index contributed by atoms with van der Waals surface area (Å²) in [5.41, 5.74) is 0. The third-order valence-electron chi connectivity index (χ3n) is 4.45. The first kappa shape index (κ1) is 18.9. The Kier molecular flexibility index (Phi) is 6.34. The summed E-state index contributed by atoms with van der Waals surface area (Å²) < 4.78 is 40.8. The van der Waals surface area contributed by atoms with E-state index >= 15 is 0 Å². The first-order valence-corrected chi connectivity index (χ1v) is 9.86. The second-order valence-electron chi connectivity index (χ2n) is 6.27. The van der Waals surface area contributed by atoms with Gasteiger partial charge in [-0.1, -0.05) is 25.5 Å². The van der Waals surface area contributed by atoms with E-state index in [2.05, 4.69) is 5.32 Å². The number of rotatable bonds is 6. The van der Waals surface area contributed by atoms with Crippen molar-refractivity contribution < 1.29 is 17.6 Å². The van der Waals surface area contributed by atoms with Crippen molar-refractivity contribution >= 4 is 15.9 Å². The maximum absolute atomic E-state index is 13.9. The van der Waals surface area contributed by atoms with Crippen LogP contribution in [0.25, 0.3) is 0 Å². The number of nitrogens with zero attached hydrogens (tertiary/aromatic N) is 1. The lowest BCUT2D eigenvalue weighted by Crippen LogP contribution is -2.49. The molecule has 0 saturated carbocycles. The van der Waals surface area contributed by atoms with Crippen molar-refractivity contribution in [2.75, 3.05) is 13.1 Å². The van der Waals surface area contributed by atoms with Gasteiger partial charge in [-0.25, -0.2) is 12.8 Å². The molecule has 0 radical (unpaired) electrons. The fraction of sp³-hybridized carbons (Fsp3) is 0.588. The van der Waals surface area contributed by atoms with E-state index in [9.17, 15) is 17.6 Å². The zero-order chi connectivity index (χ0) is 17.7. The Labute approximate surface area is 143 Å². The number of benzene rings is 1. The highest BCUT2D eigenvalue weighted by Gasteiger charge is 2.38. The number of unbranched alkanes of at least 4 members (excludes halogenated alkanes) is 1. The van der Waals surface area contributed by atoms with Crippen molar-refractivity contribution in [1.29, 1.82) is 0 Å². The summed E-state index contributed by atoms with van der Waals surface area (Å²) in [7, 11) is -3.96. The fourth-order valence-electron chi connectivity index (χ4n) is 2.94. The van der Waals surface area contributed by atoms with Gasteiger partial charge in [-0.15, -0.1) is 0 Å². The number of hydrogen-bond donors (Lipinski definition) is 1. The van der Waals surface area contributed by atoms with E-state index in [-0.39, 0.29) is 29.3 Å². The Bertz CT molecular complexity index is 678. The quantitative estimate of drug-likeness (QED) is 0.797. The summed E-state index contributed by atoms with van der Waals surface area (Å²) in [6, 6.07) is 5.10. The summed E-state index contributed by atoms with van der Waals surface area (Å²) in [5.74, 6) is -1.28. The Balaban J connectivity index is 2.16. The molecular formula is C17H25FN2O3S. The minimum atomic E-state index is -3.96. The summed E-state index contributed by atoms with van der Waals surface area (Å²) in [6.07, 6.45) is 3.10. The van der Waals surface area contributed by atoms with Crippen LogP contribution in [-0.2, 0) is 14.8 Å². The molecule has 1 N–H and O–H groups in total. The largest absolute Gasteiger partial charge is 0.356 e. The number of carbonyl (C=O) groups excluding carboxylic acids is 1. The van der Waals surface area contributed by atoms with Gasteiger partial charge >= 0.3 is 0 Å². The van der Waals surface area contributed by atoms with Crippen LogP contribution in [0.5, 0.6) is 0 Å². The molecule has 1 saturated heterocycles. The van der Waals surface area contributed by atoms with E-state index in [4.69, 9.17) is 0 Å². The molecule has 1 aliphatic rings. The van der Waals surface area contributed by atoms with Crippen LogP contribution in [0.2, 0.25) is 0 Å². The van der Waals surface area contributed by atoms with Crippen molar-refractivity contribution in [3.05, 3.63) is 30.1 Å². The van der Waals surface area contributed by atoms with Gasteiger partial charge in [0, 0.05) is 19.1 Å². The first-order valence-electron chi connectivity index (χ1n) is 8.42. The van der Waals surface area contributed by atoms with Gasteiger partial charge in [0.15, 0.2) is 0 Å². The highest BCUT2D eigenvalue weighted by atomic mass is 32.2. The SMILES string of the molecule is CCCCNC(=O)C1CCC(C)N(S(=O)(=O)c2ccccc2F)C1. The van der Waals surface area contributed by atoms with E-state index in [1.54, 1.807) is 6.92 Å². The van der Waals surface area contributed by atoms with Gasteiger partial charge in [-0.3, -0.25) is 4.79 Å². The number of halogens is 1. The van der Waals surface area contributed by atoms with Gasteiger partial charge in [0.25, 0.3) is 0 Å². The number of sulfonamides is 1. The molecule has 7 heteroatoms. The van der Waals surface area contributed by atoms with Crippen LogP contribution >= 0.6 is 0 Å². The standard InChI is InChI=1S/C17H25FN2O3S/c1-3-4-11-19-17(21)14-10-9-13(2)20(12-14)24(22,23)16-8-6-5-7-15(16)18/h5-8,13-14H,3-4,9-12H2,1-2H3,(H,19,21). The summed E-state index contributed by atoms with van der Waals surface area (Å²) >= 11 is 0. The fourth-order valence-corrected chi connectivity index (χ4v) is 4.71. The lowest BCUT2D eigenvalue weighted by atomic mass is 9.94. The maximum Gasteiger partial charge on any atom is 0.246 e. The van der Waals surface area contributed by atoms with Crippen LogP contribution in [0.4, 0.5) is 4.39 Å². The molecule has 1 fully saturated rings. The van der Waals surface area contributed by atoms with Gasteiger partial charge in [-0.2, -0.15) is 4.31 Å². The van der Waals surface area contributed by atoms with Crippen molar-refractivity contribution in [1.82, 2.24) is 9.62 Å². The predicted molar refractivity (Wildman–Crippen MR) is 90.4 cm³/mol. The van der Waals surface area contributed by atoms with Crippen LogP contribution in [0.15, 0.2) is 29.2 Å². The van der Waals surface area contributed by atoms with E-state index in [0.29, 0.717) is 19.4 Å². The van der Waals surface area contributed by atoms with Crippen LogP contribution < -0.4 is 5.32 Å².